The zero-order valence-electron chi connectivity index (χ0n) is 17.1. The molecule has 1 saturated heterocycles. The van der Waals surface area contributed by atoms with Crippen molar-refractivity contribution in [3.05, 3.63) is 65.2 Å². The van der Waals surface area contributed by atoms with Gasteiger partial charge >= 0.3 is 0 Å². The minimum Gasteiger partial charge on any atom is -0.369 e. The van der Waals surface area contributed by atoms with E-state index in [9.17, 15) is 9.59 Å². The quantitative estimate of drug-likeness (QED) is 0.840. The minimum absolute atomic E-state index is 0.00531. The van der Waals surface area contributed by atoms with Gasteiger partial charge in [-0.15, -0.1) is 0 Å². The number of aryl methyl sites for hydroxylation is 1. The first kappa shape index (κ1) is 19.6. The molecule has 0 radical (unpaired) electrons. The molecule has 152 valence electrons. The Morgan fingerprint density at radius 1 is 1.17 bits per heavy atom. The van der Waals surface area contributed by atoms with Crippen molar-refractivity contribution in [2.75, 3.05) is 11.9 Å². The lowest BCUT2D eigenvalue weighted by Gasteiger charge is -2.44. The number of anilines is 1. The van der Waals surface area contributed by atoms with E-state index in [0.717, 1.165) is 29.7 Å². The number of morpholine rings is 1. The fraction of sp³-hybridized carbons (Fsp3) is 0.417. The second-order valence-electron chi connectivity index (χ2n) is 8.13. The van der Waals surface area contributed by atoms with E-state index in [1.807, 2.05) is 35.2 Å². The second-order valence-corrected chi connectivity index (χ2v) is 8.13. The third-order valence-electron chi connectivity index (χ3n) is 5.94. The van der Waals surface area contributed by atoms with E-state index in [2.05, 4.69) is 37.4 Å². The van der Waals surface area contributed by atoms with Gasteiger partial charge in [-0.3, -0.25) is 9.59 Å². The van der Waals surface area contributed by atoms with Crippen LogP contribution in [0.25, 0.3) is 0 Å². The molecule has 0 spiro atoms. The topological polar surface area (TPSA) is 58.6 Å². The summed E-state index contributed by atoms with van der Waals surface area (Å²) in [6, 6.07) is 16.3. The van der Waals surface area contributed by atoms with Gasteiger partial charge in [0.2, 0.25) is 11.8 Å². The third-order valence-corrected chi connectivity index (χ3v) is 5.94. The van der Waals surface area contributed by atoms with Crippen LogP contribution in [0.15, 0.2) is 48.5 Å². The maximum atomic E-state index is 13.0. The SMILES string of the molecule is CC1COC(c2ccccc2)C(C)N1C(=O)CCCc1ccc2c(c1)CC(=O)N2. The van der Waals surface area contributed by atoms with Crippen molar-refractivity contribution < 1.29 is 14.3 Å². The summed E-state index contributed by atoms with van der Waals surface area (Å²) in [5.41, 5.74) is 4.27. The van der Waals surface area contributed by atoms with Crippen LogP contribution in [0.1, 0.15) is 49.5 Å². The molecule has 3 unspecified atom stereocenters. The summed E-state index contributed by atoms with van der Waals surface area (Å²) in [4.78, 5) is 26.5. The molecule has 29 heavy (non-hydrogen) atoms. The van der Waals surface area contributed by atoms with Gasteiger partial charge in [-0.05, 0) is 49.4 Å². The fourth-order valence-corrected chi connectivity index (χ4v) is 4.51. The molecule has 5 heteroatoms. The summed E-state index contributed by atoms with van der Waals surface area (Å²) in [5.74, 6) is 0.239. The van der Waals surface area contributed by atoms with Crippen molar-refractivity contribution in [1.29, 1.82) is 0 Å². The van der Waals surface area contributed by atoms with Crippen molar-refractivity contribution in [1.82, 2.24) is 4.90 Å². The molecule has 0 saturated carbocycles. The first-order valence-electron chi connectivity index (χ1n) is 10.4. The van der Waals surface area contributed by atoms with Crippen LogP contribution in [-0.4, -0.2) is 35.4 Å². The normalized spacial score (nSPS) is 23.6. The van der Waals surface area contributed by atoms with Gasteiger partial charge in [0, 0.05) is 12.1 Å². The Hall–Kier alpha value is -2.66. The summed E-state index contributed by atoms with van der Waals surface area (Å²) < 4.78 is 6.07. The number of carbonyl (C=O) groups is 2. The predicted molar refractivity (Wildman–Crippen MR) is 113 cm³/mol. The van der Waals surface area contributed by atoms with E-state index >= 15 is 0 Å². The van der Waals surface area contributed by atoms with E-state index in [1.54, 1.807) is 0 Å². The standard InChI is InChI=1S/C24H28N2O3/c1-16-15-29-24(19-8-4-3-5-9-19)17(2)26(16)23(28)10-6-7-18-11-12-21-20(13-18)14-22(27)25-21/h3-5,8-9,11-13,16-17,24H,6-7,10,14-15H2,1-2H3,(H,25,27). The Labute approximate surface area is 172 Å². The monoisotopic (exact) mass is 392 g/mol. The van der Waals surface area contributed by atoms with Crippen molar-refractivity contribution in [3.8, 4) is 0 Å². The number of benzene rings is 2. The second kappa shape index (κ2) is 8.37. The molecule has 0 aliphatic carbocycles. The predicted octanol–water partition coefficient (Wildman–Crippen LogP) is 3.88. The molecule has 2 aliphatic rings. The molecule has 0 aromatic heterocycles. The van der Waals surface area contributed by atoms with E-state index in [1.165, 1.54) is 5.56 Å². The summed E-state index contributed by atoms with van der Waals surface area (Å²) >= 11 is 0. The Bertz CT molecular complexity index is 896. The summed E-state index contributed by atoms with van der Waals surface area (Å²) in [5, 5.41) is 2.86. The number of carbonyl (C=O) groups excluding carboxylic acids is 2. The molecule has 5 nitrogen and oxygen atoms in total. The summed E-state index contributed by atoms with van der Waals surface area (Å²) in [7, 11) is 0. The van der Waals surface area contributed by atoms with Crippen molar-refractivity contribution in [2.24, 2.45) is 0 Å². The Balaban J connectivity index is 1.36. The molecule has 2 heterocycles. The van der Waals surface area contributed by atoms with Gasteiger partial charge in [-0.2, -0.15) is 0 Å². The third kappa shape index (κ3) is 4.20. The number of nitrogens with one attached hydrogen (secondary N) is 1. The lowest BCUT2D eigenvalue weighted by molar-refractivity contribution is -0.153. The summed E-state index contributed by atoms with van der Waals surface area (Å²) in [6.07, 6.45) is 2.52. The van der Waals surface area contributed by atoms with Crippen LogP contribution >= 0.6 is 0 Å². The van der Waals surface area contributed by atoms with Gasteiger partial charge in [-0.1, -0.05) is 42.5 Å². The first-order valence-corrected chi connectivity index (χ1v) is 10.4. The van der Waals surface area contributed by atoms with Gasteiger partial charge in [0.05, 0.1) is 25.1 Å². The molecule has 2 amide bonds. The van der Waals surface area contributed by atoms with Crippen molar-refractivity contribution in [2.45, 2.75) is 57.7 Å². The van der Waals surface area contributed by atoms with Gasteiger partial charge in [0.25, 0.3) is 0 Å². The van der Waals surface area contributed by atoms with Crippen LogP contribution in [0, 0.1) is 0 Å². The highest BCUT2D eigenvalue weighted by molar-refractivity contribution is 5.99. The zero-order chi connectivity index (χ0) is 20.4. The number of hydrogen-bond acceptors (Lipinski definition) is 3. The highest BCUT2D eigenvalue weighted by atomic mass is 16.5. The van der Waals surface area contributed by atoms with Crippen LogP contribution in [0.5, 0.6) is 0 Å². The Kier molecular flexibility index (Phi) is 5.67. The number of rotatable bonds is 5. The maximum absolute atomic E-state index is 13.0. The molecule has 3 atom stereocenters. The molecule has 2 aliphatic heterocycles. The molecular weight excluding hydrogens is 364 g/mol. The number of ether oxygens (including phenoxy) is 1. The molecular formula is C24H28N2O3. The van der Waals surface area contributed by atoms with Crippen LogP contribution in [-0.2, 0) is 27.2 Å². The number of hydrogen-bond donors (Lipinski definition) is 1. The van der Waals surface area contributed by atoms with E-state index in [-0.39, 0.29) is 30.0 Å². The fourth-order valence-electron chi connectivity index (χ4n) is 4.51. The van der Waals surface area contributed by atoms with Crippen LogP contribution in [0.4, 0.5) is 5.69 Å². The molecule has 1 N–H and O–H groups in total. The zero-order valence-corrected chi connectivity index (χ0v) is 17.1. The average molecular weight is 392 g/mol. The lowest BCUT2D eigenvalue weighted by Crippen LogP contribution is -2.53. The van der Waals surface area contributed by atoms with Crippen LogP contribution < -0.4 is 5.32 Å². The Morgan fingerprint density at radius 3 is 2.76 bits per heavy atom. The van der Waals surface area contributed by atoms with Crippen molar-refractivity contribution in [3.63, 3.8) is 0 Å². The first-order chi connectivity index (χ1) is 14.0. The highest BCUT2D eigenvalue weighted by Gasteiger charge is 2.36. The molecule has 2 aromatic rings. The average Bonchev–Trinajstić information content (AvgIpc) is 3.08. The maximum Gasteiger partial charge on any atom is 0.228 e. The number of fused-ring (bicyclic) bond motifs is 1. The number of nitrogens with zero attached hydrogens (tertiary/aromatic N) is 1. The lowest BCUT2D eigenvalue weighted by atomic mass is 9.97. The Morgan fingerprint density at radius 2 is 1.97 bits per heavy atom. The minimum atomic E-state index is -0.0851. The molecule has 2 aromatic carbocycles. The number of amides is 2. The van der Waals surface area contributed by atoms with E-state index in [4.69, 9.17) is 4.74 Å². The van der Waals surface area contributed by atoms with Gasteiger partial charge in [0.15, 0.2) is 0 Å². The van der Waals surface area contributed by atoms with E-state index in [0.29, 0.717) is 19.4 Å². The van der Waals surface area contributed by atoms with Crippen molar-refractivity contribution >= 4 is 17.5 Å². The van der Waals surface area contributed by atoms with Gasteiger partial charge in [0.1, 0.15) is 6.10 Å². The largest absolute Gasteiger partial charge is 0.369 e. The van der Waals surface area contributed by atoms with Gasteiger partial charge in [-0.25, -0.2) is 0 Å². The van der Waals surface area contributed by atoms with E-state index < -0.39 is 0 Å². The molecule has 0 bridgehead atoms. The highest BCUT2D eigenvalue weighted by Crippen LogP contribution is 2.31. The van der Waals surface area contributed by atoms with Crippen LogP contribution in [0.2, 0.25) is 0 Å². The van der Waals surface area contributed by atoms with Gasteiger partial charge < -0.3 is 15.0 Å². The molecule has 4 rings (SSSR count). The van der Waals surface area contributed by atoms with Crippen LogP contribution in [0.3, 0.4) is 0 Å². The summed E-state index contributed by atoms with van der Waals surface area (Å²) in [6.45, 7) is 4.69. The smallest absolute Gasteiger partial charge is 0.228 e. The molecule has 1 fully saturated rings.